The number of benzene rings is 1. The van der Waals surface area contributed by atoms with E-state index in [1.165, 1.54) is 17.4 Å². The highest BCUT2D eigenvalue weighted by Crippen LogP contribution is 2.32. The third-order valence-corrected chi connectivity index (χ3v) is 4.99. The SMILES string of the molecule is Cc1c(C(=O)NOC2CCCC2)sc2cccc(F)c12. The maximum Gasteiger partial charge on any atom is 0.285 e. The zero-order chi connectivity index (χ0) is 14.1. The number of aryl methyl sites for hydroxylation is 1. The number of hydrogen-bond acceptors (Lipinski definition) is 3. The molecular weight excluding hydrogens is 277 g/mol. The van der Waals surface area contributed by atoms with Crippen molar-refractivity contribution in [1.29, 1.82) is 0 Å². The molecule has 1 heterocycles. The van der Waals surface area contributed by atoms with E-state index in [0.29, 0.717) is 15.8 Å². The molecule has 0 radical (unpaired) electrons. The summed E-state index contributed by atoms with van der Waals surface area (Å²) in [5.74, 6) is -0.568. The van der Waals surface area contributed by atoms with E-state index in [1.54, 1.807) is 13.0 Å². The van der Waals surface area contributed by atoms with Crippen molar-refractivity contribution in [3.63, 3.8) is 0 Å². The fourth-order valence-corrected chi connectivity index (χ4v) is 3.77. The van der Waals surface area contributed by atoms with Crippen LogP contribution in [0.15, 0.2) is 18.2 Å². The Morgan fingerprint density at radius 2 is 2.15 bits per heavy atom. The van der Waals surface area contributed by atoms with Crippen molar-refractivity contribution in [3.8, 4) is 0 Å². The minimum atomic E-state index is -0.285. The van der Waals surface area contributed by atoms with Gasteiger partial charge < -0.3 is 0 Å². The topological polar surface area (TPSA) is 38.3 Å². The van der Waals surface area contributed by atoms with E-state index in [0.717, 1.165) is 30.4 Å². The van der Waals surface area contributed by atoms with Gasteiger partial charge in [0.2, 0.25) is 0 Å². The second kappa shape index (κ2) is 5.50. The van der Waals surface area contributed by atoms with Crippen LogP contribution in [0.1, 0.15) is 40.9 Å². The molecule has 2 aromatic rings. The quantitative estimate of drug-likeness (QED) is 0.870. The summed E-state index contributed by atoms with van der Waals surface area (Å²) in [7, 11) is 0. The van der Waals surface area contributed by atoms with Gasteiger partial charge in [-0.2, -0.15) is 0 Å². The molecule has 1 aromatic heterocycles. The first kappa shape index (κ1) is 13.5. The van der Waals surface area contributed by atoms with E-state index in [4.69, 9.17) is 4.84 Å². The fraction of sp³-hybridized carbons (Fsp3) is 0.400. The maximum absolute atomic E-state index is 13.8. The Balaban J connectivity index is 1.80. The zero-order valence-electron chi connectivity index (χ0n) is 11.2. The van der Waals surface area contributed by atoms with Crippen LogP contribution in [0.2, 0.25) is 0 Å². The smallest absolute Gasteiger partial charge is 0.270 e. The molecule has 5 heteroatoms. The van der Waals surface area contributed by atoms with Crippen LogP contribution >= 0.6 is 11.3 Å². The summed E-state index contributed by atoms with van der Waals surface area (Å²) in [5.41, 5.74) is 3.19. The fourth-order valence-electron chi connectivity index (χ4n) is 2.66. The first-order valence-electron chi connectivity index (χ1n) is 6.80. The summed E-state index contributed by atoms with van der Waals surface area (Å²) in [6, 6.07) is 4.90. The normalized spacial score (nSPS) is 15.9. The van der Waals surface area contributed by atoms with Crippen LogP contribution in [-0.4, -0.2) is 12.0 Å². The Labute approximate surface area is 120 Å². The van der Waals surface area contributed by atoms with Gasteiger partial charge in [0.1, 0.15) is 5.82 Å². The van der Waals surface area contributed by atoms with Gasteiger partial charge >= 0.3 is 0 Å². The average Bonchev–Trinajstić information content (AvgIpc) is 3.05. The molecule has 106 valence electrons. The molecule has 1 aromatic carbocycles. The van der Waals surface area contributed by atoms with Gasteiger partial charge in [-0.1, -0.05) is 18.9 Å². The first-order valence-corrected chi connectivity index (χ1v) is 7.62. The number of rotatable bonds is 3. The minimum absolute atomic E-state index is 0.116. The van der Waals surface area contributed by atoms with Gasteiger partial charge in [0.15, 0.2) is 0 Å². The molecule has 0 aliphatic heterocycles. The number of halogens is 1. The van der Waals surface area contributed by atoms with Gasteiger partial charge in [-0.05, 0) is 37.5 Å². The van der Waals surface area contributed by atoms with Crippen molar-refractivity contribution in [2.45, 2.75) is 38.7 Å². The summed E-state index contributed by atoms with van der Waals surface area (Å²) in [6.07, 6.45) is 4.38. The highest BCUT2D eigenvalue weighted by atomic mass is 32.1. The Kier molecular flexibility index (Phi) is 3.72. The predicted molar refractivity (Wildman–Crippen MR) is 77.3 cm³/mol. The van der Waals surface area contributed by atoms with Crippen molar-refractivity contribution in [3.05, 3.63) is 34.5 Å². The van der Waals surface area contributed by atoms with Crippen LogP contribution in [0, 0.1) is 12.7 Å². The standard InChI is InChI=1S/C15H16FNO2S/c1-9-13-11(16)7-4-8-12(13)20-14(9)15(18)17-19-10-5-2-3-6-10/h4,7-8,10H,2-3,5-6H2,1H3,(H,17,18). The summed E-state index contributed by atoms with van der Waals surface area (Å²) >= 11 is 1.30. The second-order valence-electron chi connectivity index (χ2n) is 5.12. The molecule has 0 spiro atoms. The van der Waals surface area contributed by atoms with Gasteiger partial charge in [0.05, 0.1) is 11.0 Å². The van der Waals surface area contributed by atoms with E-state index in [-0.39, 0.29) is 17.8 Å². The lowest BCUT2D eigenvalue weighted by Crippen LogP contribution is -2.28. The lowest BCUT2D eigenvalue weighted by molar-refractivity contribution is -0.0122. The lowest BCUT2D eigenvalue weighted by Gasteiger charge is -2.10. The van der Waals surface area contributed by atoms with Gasteiger partial charge in [0.25, 0.3) is 5.91 Å². The summed E-state index contributed by atoms with van der Waals surface area (Å²) in [6.45, 7) is 1.77. The molecule has 1 amide bonds. The maximum atomic E-state index is 13.8. The number of amides is 1. The molecule has 3 nitrogen and oxygen atoms in total. The van der Waals surface area contributed by atoms with Crippen LogP contribution in [-0.2, 0) is 4.84 Å². The Morgan fingerprint density at radius 1 is 1.40 bits per heavy atom. The molecule has 1 saturated carbocycles. The van der Waals surface area contributed by atoms with Crippen LogP contribution in [0.5, 0.6) is 0 Å². The molecule has 0 unspecified atom stereocenters. The second-order valence-corrected chi connectivity index (χ2v) is 6.18. The van der Waals surface area contributed by atoms with Crippen LogP contribution < -0.4 is 5.48 Å². The number of carbonyl (C=O) groups is 1. The number of hydroxylamine groups is 1. The van der Waals surface area contributed by atoms with Gasteiger partial charge in [0, 0.05) is 10.1 Å². The molecule has 20 heavy (non-hydrogen) atoms. The number of fused-ring (bicyclic) bond motifs is 1. The van der Waals surface area contributed by atoms with E-state index < -0.39 is 0 Å². The monoisotopic (exact) mass is 293 g/mol. The van der Waals surface area contributed by atoms with E-state index in [2.05, 4.69) is 5.48 Å². The van der Waals surface area contributed by atoms with E-state index in [9.17, 15) is 9.18 Å². The lowest BCUT2D eigenvalue weighted by atomic mass is 10.1. The van der Waals surface area contributed by atoms with Crippen LogP contribution in [0.25, 0.3) is 10.1 Å². The van der Waals surface area contributed by atoms with Crippen LogP contribution in [0.4, 0.5) is 4.39 Å². The molecule has 1 N–H and O–H groups in total. The van der Waals surface area contributed by atoms with Crippen LogP contribution in [0.3, 0.4) is 0 Å². The molecule has 1 aliphatic rings. The van der Waals surface area contributed by atoms with Crippen molar-refractivity contribution < 1.29 is 14.0 Å². The van der Waals surface area contributed by atoms with Gasteiger partial charge in [-0.15, -0.1) is 11.3 Å². The molecule has 3 rings (SSSR count). The third-order valence-electron chi connectivity index (χ3n) is 3.73. The number of thiophene rings is 1. The average molecular weight is 293 g/mol. The molecular formula is C15H16FNO2S. The first-order chi connectivity index (χ1) is 9.66. The van der Waals surface area contributed by atoms with Crippen molar-refractivity contribution in [2.24, 2.45) is 0 Å². The van der Waals surface area contributed by atoms with Gasteiger partial charge in [-0.25, -0.2) is 9.87 Å². The molecule has 1 aliphatic carbocycles. The number of nitrogens with one attached hydrogen (secondary N) is 1. The van der Waals surface area contributed by atoms with E-state index >= 15 is 0 Å². The Morgan fingerprint density at radius 3 is 2.85 bits per heavy atom. The number of carbonyl (C=O) groups excluding carboxylic acids is 1. The highest BCUT2D eigenvalue weighted by Gasteiger charge is 2.20. The Hall–Kier alpha value is -1.46. The Bertz CT molecular complexity index is 647. The largest absolute Gasteiger partial charge is 0.285 e. The minimum Gasteiger partial charge on any atom is -0.270 e. The zero-order valence-corrected chi connectivity index (χ0v) is 12.1. The molecule has 0 saturated heterocycles. The molecule has 1 fully saturated rings. The third kappa shape index (κ3) is 2.43. The van der Waals surface area contributed by atoms with Crippen molar-refractivity contribution in [1.82, 2.24) is 5.48 Å². The summed E-state index contributed by atoms with van der Waals surface area (Å²) < 4.78 is 14.6. The van der Waals surface area contributed by atoms with E-state index in [1.807, 2.05) is 6.07 Å². The summed E-state index contributed by atoms with van der Waals surface area (Å²) in [5, 5.41) is 0.531. The predicted octanol–water partition coefficient (Wildman–Crippen LogP) is 3.95. The highest BCUT2D eigenvalue weighted by molar-refractivity contribution is 7.21. The van der Waals surface area contributed by atoms with Crippen molar-refractivity contribution in [2.75, 3.05) is 0 Å². The van der Waals surface area contributed by atoms with Crippen molar-refractivity contribution >= 4 is 27.3 Å². The molecule has 0 bridgehead atoms. The van der Waals surface area contributed by atoms with Gasteiger partial charge in [-0.3, -0.25) is 9.63 Å². The summed E-state index contributed by atoms with van der Waals surface area (Å²) in [4.78, 5) is 18.1. The number of hydrogen-bond donors (Lipinski definition) is 1. The molecule has 0 atom stereocenters.